The maximum Gasteiger partial charge on any atom is 0.157 e. The number of rotatable bonds is 4. The third-order valence-electron chi connectivity index (χ3n) is 6.40. The fourth-order valence-corrected chi connectivity index (χ4v) is 4.65. The number of aromatic hydroxyl groups is 6. The van der Waals surface area contributed by atoms with Crippen LogP contribution in [0.15, 0.2) is 72.8 Å². The first-order chi connectivity index (χ1) is 17.7. The van der Waals surface area contributed by atoms with Crippen LogP contribution in [0.25, 0.3) is 12.2 Å². The number of hydrogen-bond acceptors (Lipinski definition) is 8. The topological polar surface area (TPSA) is 151 Å². The summed E-state index contributed by atoms with van der Waals surface area (Å²) in [5.41, 5.74) is 2.32. The van der Waals surface area contributed by atoms with Crippen molar-refractivity contribution in [2.45, 2.75) is 18.1 Å². The summed E-state index contributed by atoms with van der Waals surface area (Å²) < 4.78 is 6.07. The lowest BCUT2D eigenvalue weighted by Crippen LogP contribution is -2.35. The van der Waals surface area contributed by atoms with Crippen LogP contribution in [0, 0.1) is 0 Å². The van der Waals surface area contributed by atoms with Gasteiger partial charge in [0.25, 0.3) is 0 Å². The van der Waals surface area contributed by atoms with Gasteiger partial charge in [0, 0.05) is 29.2 Å². The Labute approximate surface area is 211 Å². The third-order valence-corrected chi connectivity index (χ3v) is 6.40. The molecule has 3 atom stereocenters. The van der Waals surface area contributed by atoms with Crippen molar-refractivity contribution >= 4 is 12.2 Å². The smallest absolute Gasteiger partial charge is 0.157 e. The largest absolute Gasteiger partial charge is 0.508 e. The van der Waals surface area contributed by atoms with Gasteiger partial charge < -0.3 is 40.5 Å². The first-order valence-electron chi connectivity index (χ1n) is 11.4. The fraction of sp³-hybridized carbons (Fsp3) is 0.103. The highest BCUT2D eigenvalue weighted by Crippen LogP contribution is 2.50. The molecule has 7 N–H and O–H groups in total. The Morgan fingerprint density at radius 1 is 0.622 bits per heavy atom. The summed E-state index contributed by atoms with van der Waals surface area (Å²) in [4.78, 5) is 0. The van der Waals surface area contributed by atoms with E-state index in [0.29, 0.717) is 33.6 Å². The molecule has 0 fully saturated rings. The predicted molar refractivity (Wildman–Crippen MR) is 136 cm³/mol. The van der Waals surface area contributed by atoms with E-state index in [4.69, 9.17) is 4.74 Å². The highest BCUT2D eigenvalue weighted by Gasteiger charge is 2.41. The van der Waals surface area contributed by atoms with Crippen LogP contribution in [-0.2, 0) is 0 Å². The van der Waals surface area contributed by atoms with E-state index in [1.165, 1.54) is 48.5 Å². The van der Waals surface area contributed by atoms with Crippen molar-refractivity contribution in [1.29, 1.82) is 0 Å². The molecule has 1 heterocycles. The Kier molecular flexibility index (Phi) is 6.02. The Hall–Kier alpha value is -4.82. The van der Waals surface area contributed by atoms with Crippen molar-refractivity contribution in [3.8, 4) is 40.2 Å². The predicted octanol–water partition coefficient (Wildman–Crippen LogP) is 4.72. The average molecular weight is 501 g/mol. The first-order valence-corrected chi connectivity index (χ1v) is 11.4. The number of phenols is 6. The Morgan fingerprint density at radius 2 is 1.35 bits per heavy atom. The molecular formula is C29H24O8. The van der Waals surface area contributed by atoms with Crippen LogP contribution in [0.5, 0.6) is 40.2 Å². The van der Waals surface area contributed by atoms with Crippen LogP contribution in [0.3, 0.4) is 0 Å². The molecule has 4 aromatic carbocycles. The van der Waals surface area contributed by atoms with Gasteiger partial charge in [-0.05, 0) is 53.1 Å². The second-order valence-corrected chi connectivity index (χ2v) is 8.87. The van der Waals surface area contributed by atoms with Crippen LogP contribution < -0.4 is 4.74 Å². The Bertz CT molecular complexity index is 1490. The summed E-state index contributed by atoms with van der Waals surface area (Å²) in [6.07, 6.45) is 1.12. The highest BCUT2D eigenvalue weighted by molar-refractivity contribution is 5.75. The van der Waals surface area contributed by atoms with Gasteiger partial charge in [0.1, 0.15) is 34.9 Å². The first kappa shape index (κ1) is 23.9. The van der Waals surface area contributed by atoms with Gasteiger partial charge in [-0.1, -0.05) is 36.4 Å². The normalized spacial score (nSPS) is 18.9. The number of fused-ring (bicyclic) bond motifs is 1. The summed E-state index contributed by atoms with van der Waals surface area (Å²) >= 11 is 0. The molecule has 0 unspecified atom stereocenters. The van der Waals surface area contributed by atoms with Crippen LogP contribution in [0.1, 0.15) is 39.8 Å². The molecule has 8 heteroatoms. The van der Waals surface area contributed by atoms with Crippen LogP contribution in [-0.4, -0.2) is 41.8 Å². The summed E-state index contributed by atoms with van der Waals surface area (Å²) in [6, 6.07) is 17.5. The van der Waals surface area contributed by atoms with Gasteiger partial charge in [-0.15, -0.1) is 0 Å². The molecule has 0 spiro atoms. The van der Waals surface area contributed by atoms with Gasteiger partial charge in [-0.3, -0.25) is 0 Å². The second kappa shape index (κ2) is 9.33. The van der Waals surface area contributed by atoms with Crippen LogP contribution in [0.4, 0.5) is 0 Å². The van der Waals surface area contributed by atoms with Crippen molar-refractivity contribution in [2.75, 3.05) is 0 Å². The van der Waals surface area contributed by atoms with Gasteiger partial charge in [0.05, 0.1) is 0 Å². The summed E-state index contributed by atoms with van der Waals surface area (Å²) in [7, 11) is 0. The minimum atomic E-state index is -1.21. The van der Waals surface area contributed by atoms with E-state index in [0.717, 1.165) is 0 Å². The van der Waals surface area contributed by atoms with Crippen LogP contribution >= 0.6 is 0 Å². The number of aliphatic hydroxyl groups excluding tert-OH is 1. The van der Waals surface area contributed by atoms with E-state index < -0.39 is 18.1 Å². The molecular weight excluding hydrogens is 476 g/mol. The maximum absolute atomic E-state index is 11.6. The average Bonchev–Trinajstić information content (AvgIpc) is 2.85. The van der Waals surface area contributed by atoms with E-state index in [1.807, 2.05) is 0 Å². The number of phenolic OH excluding ortho intramolecular Hbond substituents is 6. The molecule has 8 nitrogen and oxygen atoms in total. The molecule has 0 saturated heterocycles. The number of benzene rings is 4. The molecule has 1 aliphatic heterocycles. The van der Waals surface area contributed by atoms with Crippen molar-refractivity contribution < 1.29 is 40.5 Å². The summed E-state index contributed by atoms with van der Waals surface area (Å²) in [5.74, 6) is -1.55. The SMILES string of the molecule is Oc1ccc([C@H]2Oc3cc(O)ccc3[C@@H](c3c(O)cc(O)cc3/C=C/c3ccc(O)c(O)c3)[C@@H]2O)cc1. The Balaban J connectivity index is 1.66. The van der Waals surface area contributed by atoms with Crippen molar-refractivity contribution in [1.82, 2.24) is 0 Å². The molecule has 0 aromatic heterocycles. The van der Waals surface area contributed by atoms with E-state index in [2.05, 4.69) is 0 Å². The lowest BCUT2D eigenvalue weighted by Gasteiger charge is -2.38. The molecule has 1 aliphatic rings. The number of ether oxygens (including phenoxy) is 1. The molecule has 0 aliphatic carbocycles. The fourth-order valence-electron chi connectivity index (χ4n) is 4.65. The van der Waals surface area contributed by atoms with Crippen molar-refractivity contribution in [2.24, 2.45) is 0 Å². The molecule has 0 radical (unpaired) electrons. The van der Waals surface area contributed by atoms with Gasteiger partial charge >= 0.3 is 0 Å². The van der Waals surface area contributed by atoms with E-state index in [9.17, 15) is 35.7 Å². The lowest BCUT2D eigenvalue weighted by atomic mass is 9.78. The van der Waals surface area contributed by atoms with E-state index >= 15 is 0 Å². The minimum absolute atomic E-state index is 0.0412. The monoisotopic (exact) mass is 500 g/mol. The van der Waals surface area contributed by atoms with Crippen molar-refractivity contribution in [3.05, 3.63) is 101 Å². The van der Waals surface area contributed by atoms with E-state index in [1.54, 1.807) is 36.4 Å². The molecule has 4 aromatic rings. The Morgan fingerprint density at radius 3 is 2.08 bits per heavy atom. The number of hydrogen-bond donors (Lipinski definition) is 7. The summed E-state index contributed by atoms with van der Waals surface area (Å²) in [5, 5.41) is 72.0. The van der Waals surface area contributed by atoms with Crippen LogP contribution in [0.2, 0.25) is 0 Å². The minimum Gasteiger partial charge on any atom is -0.508 e. The molecule has 5 rings (SSSR count). The number of aliphatic hydroxyl groups is 1. The second-order valence-electron chi connectivity index (χ2n) is 8.87. The zero-order valence-corrected chi connectivity index (χ0v) is 19.4. The zero-order chi connectivity index (χ0) is 26.3. The summed E-state index contributed by atoms with van der Waals surface area (Å²) in [6.45, 7) is 0. The molecule has 37 heavy (non-hydrogen) atoms. The third kappa shape index (κ3) is 4.57. The van der Waals surface area contributed by atoms with Crippen molar-refractivity contribution in [3.63, 3.8) is 0 Å². The molecule has 0 saturated carbocycles. The standard InChI is InChI=1S/C29H24O8/c30-18-6-4-16(5-7-18)29-28(36)27(21-9-8-19(31)14-25(21)37-29)26-17(12-20(32)13-24(26)35)3-1-15-2-10-22(33)23(34)11-15/h1-14,27-36H/b3-1+/t27-,28-,29+/m0/s1. The highest BCUT2D eigenvalue weighted by atomic mass is 16.5. The zero-order valence-electron chi connectivity index (χ0n) is 19.4. The maximum atomic E-state index is 11.6. The molecule has 0 bridgehead atoms. The van der Waals surface area contributed by atoms with Gasteiger partial charge in [0.2, 0.25) is 0 Å². The van der Waals surface area contributed by atoms with E-state index in [-0.39, 0.29) is 34.5 Å². The van der Waals surface area contributed by atoms with Gasteiger partial charge in [-0.2, -0.15) is 0 Å². The lowest BCUT2D eigenvalue weighted by molar-refractivity contribution is 0.00784. The quantitative estimate of drug-likeness (QED) is 0.157. The van der Waals surface area contributed by atoms with Gasteiger partial charge in [0.15, 0.2) is 17.6 Å². The molecule has 188 valence electrons. The molecule has 0 amide bonds. The van der Waals surface area contributed by atoms with Gasteiger partial charge in [-0.25, -0.2) is 0 Å².